The standard InChI is InChI=1S/C24H28N6O4/c1-15-10-28(11-16(2)34-15)12-18-7-21-22(25-9-18)29(24(31)30-23(21)26-14-27-30)13-17-5-19(32-3)8-20(6-17)33-4/h5-9,14-16H,10-13H2,1-4H3. The van der Waals surface area contributed by atoms with Crippen molar-refractivity contribution >= 4 is 16.7 Å². The lowest BCUT2D eigenvalue weighted by atomic mass is 10.1. The SMILES string of the molecule is COc1cc(Cn2c(=O)n3ncnc3c3cc(CN4CC(C)OC(C)C4)cnc32)cc(OC)c1. The predicted molar refractivity (Wildman–Crippen MR) is 126 cm³/mol. The normalized spacial score (nSPS) is 19.1. The summed E-state index contributed by atoms with van der Waals surface area (Å²) < 4.78 is 19.6. The van der Waals surface area contributed by atoms with Crippen LogP contribution in [0.15, 0.2) is 41.6 Å². The van der Waals surface area contributed by atoms with Gasteiger partial charge in [0.15, 0.2) is 5.65 Å². The van der Waals surface area contributed by atoms with Crippen molar-refractivity contribution < 1.29 is 14.2 Å². The van der Waals surface area contributed by atoms with Gasteiger partial charge in [0.05, 0.1) is 38.4 Å². The topological polar surface area (TPSA) is 96.0 Å². The first-order valence-electron chi connectivity index (χ1n) is 11.3. The van der Waals surface area contributed by atoms with Crippen LogP contribution in [0.1, 0.15) is 25.0 Å². The molecule has 3 aromatic heterocycles. The van der Waals surface area contributed by atoms with Gasteiger partial charge in [-0.15, -0.1) is 0 Å². The molecule has 10 heteroatoms. The van der Waals surface area contributed by atoms with Crippen LogP contribution in [0.4, 0.5) is 0 Å². The molecule has 0 amide bonds. The molecule has 0 saturated carbocycles. The van der Waals surface area contributed by atoms with Gasteiger partial charge in [-0.1, -0.05) is 0 Å². The summed E-state index contributed by atoms with van der Waals surface area (Å²) in [7, 11) is 3.20. The van der Waals surface area contributed by atoms with Crippen LogP contribution in [0.3, 0.4) is 0 Å². The van der Waals surface area contributed by atoms with E-state index in [1.54, 1.807) is 24.9 Å². The summed E-state index contributed by atoms with van der Waals surface area (Å²) in [5, 5.41) is 4.95. The Balaban J connectivity index is 1.57. The number of rotatable bonds is 6. The Bertz CT molecular complexity index is 1370. The lowest BCUT2D eigenvalue weighted by Gasteiger charge is -2.35. The molecular formula is C24H28N6O4. The molecule has 0 spiro atoms. The molecule has 0 radical (unpaired) electrons. The van der Waals surface area contributed by atoms with Crippen molar-refractivity contribution in [2.24, 2.45) is 0 Å². The second-order valence-corrected chi connectivity index (χ2v) is 8.75. The van der Waals surface area contributed by atoms with Crippen molar-refractivity contribution in [1.82, 2.24) is 29.0 Å². The third-order valence-electron chi connectivity index (χ3n) is 6.03. The summed E-state index contributed by atoms with van der Waals surface area (Å²) in [5.74, 6) is 1.30. The largest absolute Gasteiger partial charge is 0.497 e. The molecule has 4 heterocycles. The van der Waals surface area contributed by atoms with Gasteiger partial charge >= 0.3 is 5.69 Å². The predicted octanol–water partition coefficient (Wildman–Crippen LogP) is 2.11. The molecule has 0 bridgehead atoms. The van der Waals surface area contributed by atoms with Crippen LogP contribution in [-0.2, 0) is 17.8 Å². The minimum absolute atomic E-state index is 0.186. The number of ether oxygens (including phenoxy) is 3. The van der Waals surface area contributed by atoms with Crippen molar-refractivity contribution in [3.63, 3.8) is 0 Å². The molecule has 2 unspecified atom stereocenters. The van der Waals surface area contributed by atoms with E-state index < -0.39 is 0 Å². The average molecular weight is 465 g/mol. The maximum atomic E-state index is 13.3. The van der Waals surface area contributed by atoms with Crippen molar-refractivity contribution in [2.45, 2.75) is 39.1 Å². The van der Waals surface area contributed by atoms with E-state index in [4.69, 9.17) is 19.2 Å². The number of hydrogen-bond acceptors (Lipinski definition) is 8. The lowest BCUT2D eigenvalue weighted by Crippen LogP contribution is -2.44. The third-order valence-corrected chi connectivity index (χ3v) is 6.03. The van der Waals surface area contributed by atoms with E-state index in [0.717, 1.165) is 36.1 Å². The van der Waals surface area contributed by atoms with Crippen LogP contribution >= 0.6 is 0 Å². The monoisotopic (exact) mass is 464 g/mol. The van der Waals surface area contributed by atoms with Gasteiger partial charge in [0.2, 0.25) is 0 Å². The quantitative estimate of drug-likeness (QED) is 0.428. The van der Waals surface area contributed by atoms with Crippen LogP contribution in [0, 0.1) is 0 Å². The minimum Gasteiger partial charge on any atom is -0.497 e. The van der Waals surface area contributed by atoms with E-state index in [0.29, 0.717) is 22.8 Å². The summed E-state index contributed by atoms with van der Waals surface area (Å²) >= 11 is 0. The molecule has 34 heavy (non-hydrogen) atoms. The van der Waals surface area contributed by atoms with Crippen LogP contribution in [0.2, 0.25) is 0 Å². The van der Waals surface area contributed by atoms with E-state index in [-0.39, 0.29) is 24.4 Å². The van der Waals surface area contributed by atoms with Gasteiger partial charge in [0.25, 0.3) is 0 Å². The van der Waals surface area contributed by atoms with E-state index in [1.807, 2.05) is 18.3 Å². The Morgan fingerprint density at radius 3 is 2.32 bits per heavy atom. The molecule has 1 saturated heterocycles. The molecule has 178 valence electrons. The summed E-state index contributed by atoms with van der Waals surface area (Å²) in [6.45, 7) is 6.93. The van der Waals surface area contributed by atoms with Crippen LogP contribution in [-0.4, -0.2) is 68.6 Å². The molecule has 0 aliphatic carbocycles. The van der Waals surface area contributed by atoms with Crippen molar-refractivity contribution in [3.8, 4) is 11.5 Å². The fourth-order valence-electron chi connectivity index (χ4n) is 4.69. The summed E-state index contributed by atoms with van der Waals surface area (Å²) in [6.07, 6.45) is 3.60. The Hall–Kier alpha value is -3.50. The zero-order chi connectivity index (χ0) is 23.8. The Labute approximate surface area is 196 Å². The molecule has 1 aromatic carbocycles. The van der Waals surface area contributed by atoms with Gasteiger partial charge in [-0.25, -0.2) is 14.8 Å². The van der Waals surface area contributed by atoms with Crippen LogP contribution in [0.25, 0.3) is 16.7 Å². The third kappa shape index (κ3) is 4.22. The average Bonchev–Trinajstić information content (AvgIpc) is 3.31. The van der Waals surface area contributed by atoms with Gasteiger partial charge in [-0.2, -0.15) is 9.61 Å². The molecule has 1 aliphatic heterocycles. The maximum absolute atomic E-state index is 13.3. The smallest absolute Gasteiger partial charge is 0.352 e. The van der Waals surface area contributed by atoms with E-state index in [2.05, 4.69) is 34.9 Å². The lowest BCUT2D eigenvalue weighted by molar-refractivity contribution is -0.0705. The number of morpholine rings is 1. The zero-order valence-electron chi connectivity index (χ0n) is 19.8. The first-order valence-corrected chi connectivity index (χ1v) is 11.3. The molecule has 1 fully saturated rings. The number of nitrogens with zero attached hydrogens (tertiary/aromatic N) is 6. The number of hydrogen-bond donors (Lipinski definition) is 0. The minimum atomic E-state index is -0.308. The number of fused-ring (bicyclic) bond motifs is 3. The van der Waals surface area contributed by atoms with Gasteiger partial charge in [-0.3, -0.25) is 9.47 Å². The second kappa shape index (κ2) is 9.03. The Morgan fingerprint density at radius 1 is 0.941 bits per heavy atom. The number of benzene rings is 1. The highest BCUT2D eigenvalue weighted by Crippen LogP contribution is 2.24. The fraction of sp³-hybridized carbons (Fsp3) is 0.417. The van der Waals surface area contributed by atoms with Crippen LogP contribution in [0.5, 0.6) is 11.5 Å². The molecule has 0 N–H and O–H groups in total. The van der Waals surface area contributed by atoms with Crippen molar-refractivity contribution in [3.05, 3.63) is 58.4 Å². The Kier molecular flexibility index (Phi) is 5.93. The molecule has 10 nitrogen and oxygen atoms in total. The van der Waals surface area contributed by atoms with Gasteiger partial charge in [-0.05, 0) is 43.2 Å². The Morgan fingerprint density at radius 2 is 1.65 bits per heavy atom. The first kappa shape index (κ1) is 22.3. The summed E-state index contributed by atoms with van der Waals surface area (Å²) in [5.41, 5.74) is 2.64. The summed E-state index contributed by atoms with van der Waals surface area (Å²) in [6, 6.07) is 7.60. The molecule has 5 rings (SSSR count). The molecule has 1 aliphatic rings. The highest BCUT2D eigenvalue weighted by atomic mass is 16.5. The van der Waals surface area contributed by atoms with Crippen molar-refractivity contribution in [2.75, 3.05) is 27.3 Å². The molecular weight excluding hydrogens is 436 g/mol. The van der Waals surface area contributed by atoms with E-state index in [9.17, 15) is 4.79 Å². The van der Waals surface area contributed by atoms with Gasteiger partial charge in [0.1, 0.15) is 23.5 Å². The highest BCUT2D eigenvalue weighted by molar-refractivity contribution is 5.89. The number of aromatic nitrogens is 5. The van der Waals surface area contributed by atoms with E-state index >= 15 is 0 Å². The molecule has 4 aromatic rings. The maximum Gasteiger partial charge on any atom is 0.352 e. The summed E-state index contributed by atoms with van der Waals surface area (Å²) in [4.78, 5) is 24.7. The number of pyridine rings is 1. The fourth-order valence-corrected chi connectivity index (χ4v) is 4.69. The number of methoxy groups -OCH3 is 2. The van der Waals surface area contributed by atoms with Crippen LogP contribution < -0.4 is 15.2 Å². The van der Waals surface area contributed by atoms with Crippen molar-refractivity contribution in [1.29, 1.82) is 0 Å². The van der Waals surface area contributed by atoms with Gasteiger partial charge in [0, 0.05) is 31.9 Å². The van der Waals surface area contributed by atoms with Gasteiger partial charge < -0.3 is 14.2 Å². The van der Waals surface area contributed by atoms with E-state index in [1.165, 1.54) is 10.8 Å². The highest BCUT2D eigenvalue weighted by Gasteiger charge is 2.23. The molecule has 2 atom stereocenters. The first-order chi connectivity index (χ1) is 16.4. The second-order valence-electron chi connectivity index (χ2n) is 8.75. The zero-order valence-corrected chi connectivity index (χ0v) is 19.8.